The van der Waals surface area contributed by atoms with Crippen LogP contribution < -0.4 is 15.6 Å². The Hall–Kier alpha value is -2.73. The van der Waals surface area contributed by atoms with Crippen molar-refractivity contribution in [3.63, 3.8) is 0 Å². The van der Waals surface area contributed by atoms with Crippen LogP contribution in [0.2, 0.25) is 0 Å². The second-order valence-corrected chi connectivity index (χ2v) is 11.7. The zero-order valence-corrected chi connectivity index (χ0v) is 25.3. The Morgan fingerprint density at radius 3 is 2.34 bits per heavy atom. The van der Waals surface area contributed by atoms with Crippen LogP contribution in [0.1, 0.15) is 52.5 Å². The number of anilines is 1. The summed E-state index contributed by atoms with van der Waals surface area (Å²) in [5.74, 6) is -0.942. The molecule has 41 heavy (non-hydrogen) atoms. The summed E-state index contributed by atoms with van der Waals surface area (Å²) in [6.45, 7) is 7.19. The highest BCUT2D eigenvalue weighted by Crippen LogP contribution is 2.39. The lowest BCUT2D eigenvalue weighted by Crippen LogP contribution is -2.37. The fourth-order valence-electron chi connectivity index (χ4n) is 5.01. The van der Waals surface area contributed by atoms with Gasteiger partial charge >= 0.3 is 13.9 Å². The number of carbonyl (C=O) groups excluding carboxylic acids is 2. The number of rotatable bonds is 5. The molecule has 0 aromatic heterocycles. The molecule has 0 saturated heterocycles. The van der Waals surface area contributed by atoms with Crippen molar-refractivity contribution >= 4 is 25.5 Å². The van der Waals surface area contributed by atoms with Gasteiger partial charge in [0.05, 0.1) is 18.3 Å². The molecule has 12 nitrogen and oxygen atoms in total. The molecule has 2 bridgehead atoms. The molecule has 0 spiro atoms. The van der Waals surface area contributed by atoms with Crippen LogP contribution in [-0.2, 0) is 30.0 Å². The highest BCUT2D eigenvalue weighted by Gasteiger charge is 2.30. The summed E-state index contributed by atoms with van der Waals surface area (Å²) in [5, 5.41) is 13.9. The van der Waals surface area contributed by atoms with Gasteiger partial charge in [-0.1, -0.05) is 26.0 Å². The first-order chi connectivity index (χ1) is 19.1. The molecule has 0 aliphatic carbocycles. The molecule has 1 heterocycles. The molecule has 1 aliphatic rings. The van der Waals surface area contributed by atoms with Gasteiger partial charge in [-0.3, -0.25) is 14.6 Å². The molecule has 0 fully saturated rings. The van der Waals surface area contributed by atoms with Gasteiger partial charge in [0, 0.05) is 37.5 Å². The van der Waals surface area contributed by atoms with Gasteiger partial charge in [-0.2, -0.15) is 0 Å². The normalized spacial score (nSPS) is 29.8. The maximum absolute atomic E-state index is 12.9. The summed E-state index contributed by atoms with van der Waals surface area (Å²) in [6, 6.07) is 4.56. The quantitative estimate of drug-likeness (QED) is 0.246. The number of aliphatic hydroxyl groups excluding tert-OH is 1. The summed E-state index contributed by atoms with van der Waals surface area (Å²) < 4.78 is 33.0. The Bertz CT molecular complexity index is 1160. The molecule has 0 unspecified atom stereocenters. The summed E-state index contributed by atoms with van der Waals surface area (Å²) in [4.78, 5) is 43.3. The summed E-state index contributed by atoms with van der Waals surface area (Å²) in [5.41, 5.74) is 7.36. The maximum atomic E-state index is 12.9. The Balaban J connectivity index is 2.53. The van der Waals surface area contributed by atoms with Gasteiger partial charge in [-0.25, -0.2) is 9.36 Å². The summed E-state index contributed by atoms with van der Waals surface area (Å²) in [6.07, 6.45) is 1.37. The number of methoxy groups -OCH3 is 2. The molecule has 1 aliphatic heterocycles. The van der Waals surface area contributed by atoms with E-state index >= 15 is 0 Å². The lowest BCUT2D eigenvalue weighted by atomic mass is 9.88. The molecule has 0 saturated carbocycles. The van der Waals surface area contributed by atoms with Crippen molar-refractivity contribution < 1.29 is 47.8 Å². The molecular formula is C28H43N2O10P. The molecule has 2 rings (SSSR count). The second-order valence-electron chi connectivity index (χ2n) is 10.6. The number of allylic oxidation sites excluding steroid dienone is 1. The van der Waals surface area contributed by atoms with Crippen LogP contribution >= 0.6 is 7.82 Å². The molecule has 1 aromatic carbocycles. The molecule has 6 N–H and O–H groups in total. The Morgan fingerprint density at radius 2 is 1.76 bits per heavy atom. The van der Waals surface area contributed by atoms with E-state index in [0.29, 0.717) is 48.1 Å². The Labute approximate surface area is 241 Å². The Kier molecular flexibility index (Phi) is 13.0. The fraction of sp³-hybridized carbons (Fsp3) is 0.571. The molecule has 0 radical (unpaired) electrons. The lowest BCUT2D eigenvalue weighted by molar-refractivity contribution is -0.112. The number of hydrogen-bond acceptors (Lipinski definition) is 8. The minimum Gasteiger partial charge on any atom is -0.439 e. The third-order valence-corrected chi connectivity index (χ3v) is 7.46. The molecule has 6 atom stereocenters. The largest absolute Gasteiger partial charge is 0.524 e. The van der Waals surface area contributed by atoms with Crippen molar-refractivity contribution in [1.29, 1.82) is 0 Å². The lowest BCUT2D eigenvalue weighted by Gasteiger charge is -2.30. The number of benzene rings is 1. The summed E-state index contributed by atoms with van der Waals surface area (Å²) >= 11 is 0. The van der Waals surface area contributed by atoms with Gasteiger partial charge in [0.2, 0.25) is 0 Å². The van der Waals surface area contributed by atoms with E-state index < -0.39 is 44.2 Å². The number of nitrogens with two attached hydrogens (primary N) is 1. The number of phosphoric acid groups is 1. The van der Waals surface area contributed by atoms with E-state index in [4.69, 9.17) is 24.5 Å². The van der Waals surface area contributed by atoms with Gasteiger partial charge in [-0.05, 0) is 68.7 Å². The molecule has 2 amide bonds. The van der Waals surface area contributed by atoms with Crippen LogP contribution in [0.4, 0.5) is 10.5 Å². The third-order valence-electron chi connectivity index (χ3n) is 7.01. The highest BCUT2D eigenvalue weighted by atomic mass is 31.2. The predicted molar refractivity (Wildman–Crippen MR) is 153 cm³/mol. The van der Waals surface area contributed by atoms with Gasteiger partial charge in [-0.15, -0.1) is 0 Å². The fourth-order valence-corrected chi connectivity index (χ4v) is 5.39. The predicted octanol–water partition coefficient (Wildman–Crippen LogP) is 3.84. The van der Waals surface area contributed by atoms with Gasteiger partial charge in [0.25, 0.3) is 5.91 Å². The van der Waals surface area contributed by atoms with Crippen LogP contribution in [-0.4, -0.2) is 65.5 Å². The van der Waals surface area contributed by atoms with E-state index in [1.807, 2.05) is 13.8 Å². The minimum atomic E-state index is -4.84. The van der Waals surface area contributed by atoms with Crippen molar-refractivity contribution in [1.82, 2.24) is 0 Å². The Morgan fingerprint density at radius 1 is 1.10 bits per heavy atom. The van der Waals surface area contributed by atoms with Crippen molar-refractivity contribution in [2.75, 3.05) is 19.5 Å². The first kappa shape index (κ1) is 34.5. The zero-order chi connectivity index (χ0) is 30.9. The first-order valence-electron chi connectivity index (χ1n) is 13.4. The number of phosphoric ester groups is 1. The van der Waals surface area contributed by atoms with Crippen molar-refractivity contribution in [3.8, 4) is 5.75 Å². The zero-order valence-electron chi connectivity index (χ0n) is 24.4. The maximum Gasteiger partial charge on any atom is 0.524 e. The van der Waals surface area contributed by atoms with E-state index in [1.54, 1.807) is 32.1 Å². The molecule has 1 aromatic rings. The number of carbonyl (C=O) groups is 2. The minimum absolute atomic E-state index is 0.0479. The SMILES string of the molecule is CO[C@H]1C[C@H](C)Cc2cc(cc(OP(=O)(O)O)c2)NC(=O)/C(C)=C/CC[C@H](OC)[C@@H](OC(N)=O)/C(C)=C/[C@H](C)[C@H]1O. The van der Waals surface area contributed by atoms with Crippen LogP contribution in [0.5, 0.6) is 5.75 Å². The van der Waals surface area contributed by atoms with Crippen LogP contribution in [0.25, 0.3) is 0 Å². The number of primary amides is 1. The number of nitrogens with one attached hydrogen (secondary N) is 1. The van der Waals surface area contributed by atoms with Crippen LogP contribution in [0.3, 0.4) is 0 Å². The monoisotopic (exact) mass is 598 g/mol. The number of aliphatic hydroxyl groups is 1. The highest BCUT2D eigenvalue weighted by molar-refractivity contribution is 7.46. The van der Waals surface area contributed by atoms with Crippen molar-refractivity contribution in [3.05, 3.63) is 47.1 Å². The van der Waals surface area contributed by atoms with E-state index in [9.17, 15) is 29.0 Å². The molecular weight excluding hydrogens is 555 g/mol. The number of hydrogen-bond donors (Lipinski definition) is 5. The smallest absolute Gasteiger partial charge is 0.439 e. The number of ether oxygens (including phenoxy) is 3. The molecule has 13 heteroatoms. The van der Waals surface area contributed by atoms with Gasteiger partial charge in [0.1, 0.15) is 5.75 Å². The third kappa shape index (κ3) is 11.2. The average molecular weight is 599 g/mol. The second kappa shape index (κ2) is 15.5. The summed E-state index contributed by atoms with van der Waals surface area (Å²) in [7, 11) is -1.85. The average Bonchev–Trinajstić information content (AvgIpc) is 2.86. The van der Waals surface area contributed by atoms with Gasteiger partial charge in [0.15, 0.2) is 6.10 Å². The van der Waals surface area contributed by atoms with Crippen molar-refractivity contribution in [2.45, 2.75) is 77.8 Å². The number of amides is 2. The van der Waals surface area contributed by atoms with Gasteiger partial charge < -0.3 is 34.9 Å². The molecule has 230 valence electrons. The van der Waals surface area contributed by atoms with E-state index in [1.165, 1.54) is 26.4 Å². The van der Waals surface area contributed by atoms with Crippen LogP contribution in [0.15, 0.2) is 41.5 Å². The standard InChI is InChI=1S/C28H43N2O10P/c1-16-10-20-13-21(15-22(14-20)40-41(34,35)36)30-27(32)17(2)8-7-9-23(37-5)26(39-28(29)33)19(4)12-18(3)25(31)24(11-16)38-6/h8,12-16,18,23-26,31H,7,9-11H2,1-6H3,(H2,29,33)(H,30,32)(H2,34,35,36)/b17-8+,19-12+/t16-,18+,23+,24+,25-,26+/m1/s1. The number of fused-ring (bicyclic) bond motifs is 2. The van der Waals surface area contributed by atoms with E-state index in [0.717, 1.165) is 0 Å². The van der Waals surface area contributed by atoms with E-state index in [-0.39, 0.29) is 17.6 Å². The van der Waals surface area contributed by atoms with Crippen molar-refractivity contribution in [2.24, 2.45) is 17.6 Å². The topological polar surface area (TPSA) is 187 Å². The first-order valence-corrected chi connectivity index (χ1v) is 14.9. The van der Waals surface area contributed by atoms with Crippen LogP contribution in [0, 0.1) is 11.8 Å². The van der Waals surface area contributed by atoms with E-state index in [2.05, 4.69) is 5.32 Å².